The predicted molar refractivity (Wildman–Crippen MR) is 109 cm³/mol. The van der Waals surface area contributed by atoms with Crippen LogP contribution in [0, 0.1) is 6.92 Å². The minimum Gasteiger partial charge on any atom is -0.355 e. The van der Waals surface area contributed by atoms with Crippen molar-refractivity contribution in [2.24, 2.45) is 0 Å². The third-order valence-corrected chi connectivity index (χ3v) is 7.25. The lowest BCUT2D eigenvalue weighted by Crippen LogP contribution is -2.32. The van der Waals surface area contributed by atoms with Gasteiger partial charge in [0.2, 0.25) is 5.91 Å². The molecule has 2 aromatic rings. The van der Waals surface area contributed by atoms with Gasteiger partial charge in [-0.05, 0) is 37.6 Å². The number of thioether (sulfide) groups is 1. The first kappa shape index (κ1) is 20.4. The van der Waals surface area contributed by atoms with Gasteiger partial charge in [-0.1, -0.05) is 29.8 Å². The summed E-state index contributed by atoms with van der Waals surface area (Å²) in [7, 11) is -3.80. The minimum absolute atomic E-state index is 0.00137. The maximum Gasteiger partial charge on any atom is 0.269 e. The van der Waals surface area contributed by atoms with Crippen molar-refractivity contribution >= 4 is 33.6 Å². The van der Waals surface area contributed by atoms with E-state index in [1.54, 1.807) is 23.9 Å². The fraction of sp³-hybridized carbons (Fsp3) is 0.300. The van der Waals surface area contributed by atoms with Gasteiger partial charge in [-0.15, -0.1) is 11.8 Å². The van der Waals surface area contributed by atoms with E-state index < -0.39 is 15.9 Å². The number of hydrogen-bond donors (Lipinski definition) is 1. The van der Waals surface area contributed by atoms with Gasteiger partial charge in [0.1, 0.15) is 4.90 Å². The normalized spacial score (nSPS) is 14.8. The van der Waals surface area contributed by atoms with E-state index in [0.717, 1.165) is 15.0 Å². The Morgan fingerprint density at radius 2 is 1.82 bits per heavy atom. The molecule has 0 fully saturated rings. The highest BCUT2D eigenvalue weighted by Crippen LogP contribution is 2.29. The van der Waals surface area contributed by atoms with Crippen molar-refractivity contribution < 1.29 is 18.0 Å². The molecule has 6 nitrogen and oxygen atoms in total. The van der Waals surface area contributed by atoms with Crippen LogP contribution in [0.2, 0.25) is 0 Å². The highest BCUT2D eigenvalue weighted by Gasteiger charge is 2.40. The zero-order chi connectivity index (χ0) is 20.1. The number of fused-ring (bicyclic) bond motifs is 1. The molecular formula is C20H22N2O4S2. The number of amides is 2. The highest BCUT2D eigenvalue weighted by molar-refractivity contribution is 7.99. The largest absolute Gasteiger partial charge is 0.355 e. The first-order valence-corrected chi connectivity index (χ1v) is 11.4. The SMILES string of the molecule is Cc1ccc(SCCNC(=O)CCCN2C(=O)c3ccccc3S2(=O)=O)cc1. The van der Waals surface area contributed by atoms with Gasteiger partial charge in [0.05, 0.1) is 5.56 Å². The van der Waals surface area contributed by atoms with Crippen molar-refractivity contribution in [3.05, 3.63) is 59.7 Å². The van der Waals surface area contributed by atoms with Crippen molar-refractivity contribution in [3.63, 3.8) is 0 Å². The van der Waals surface area contributed by atoms with Crippen LogP contribution in [0.15, 0.2) is 58.3 Å². The predicted octanol–water partition coefficient (Wildman–Crippen LogP) is 2.83. The standard InChI is InChI=1S/C20H22N2O4S2/c1-15-8-10-16(11-9-15)27-14-12-21-19(23)7-4-13-22-20(24)17-5-2-3-6-18(17)28(22,25)26/h2-3,5-6,8-11H,4,7,12-14H2,1H3,(H,21,23). The summed E-state index contributed by atoms with van der Waals surface area (Å²) in [5, 5.41) is 2.83. The van der Waals surface area contributed by atoms with E-state index in [-0.39, 0.29) is 35.8 Å². The topological polar surface area (TPSA) is 83.6 Å². The first-order valence-electron chi connectivity index (χ1n) is 9.02. The molecular weight excluding hydrogens is 396 g/mol. The van der Waals surface area contributed by atoms with Crippen LogP contribution in [0.4, 0.5) is 0 Å². The summed E-state index contributed by atoms with van der Waals surface area (Å²) in [5.41, 5.74) is 1.40. The van der Waals surface area contributed by atoms with Crippen molar-refractivity contribution in [2.45, 2.75) is 29.6 Å². The summed E-state index contributed by atoms with van der Waals surface area (Å²) in [6, 6.07) is 14.4. The smallest absolute Gasteiger partial charge is 0.269 e. The molecule has 2 aromatic carbocycles. The average molecular weight is 419 g/mol. The highest BCUT2D eigenvalue weighted by atomic mass is 32.2. The Kier molecular flexibility index (Phi) is 6.41. The minimum atomic E-state index is -3.80. The van der Waals surface area contributed by atoms with Crippen LogP contribution in [0.25, 0.3) is 0 Å². The summed E-state index contributed by atoms with van der Waals surface area (Å²) in [4.78, 5) is 25.4. The van der Waals surface area contributed by atoms with Crippen LogP contribution in [0.3, 0.4) is 0 Å². The van der Waals surface area contributed by atoms with Crippen molar-refractivity contribution in [1.29, 1.82) is 0 Å². The van der Waals surface area contributed by atoms with Crippen LogP contribution >= 0.6 is 11.8 Å². The molecule has 1 aliphatic heterocycles. The molecule has 8 heteroatoms. The molecule has 0 aliphatic carbocycles. The maximum absolute atomic E-state index is 12.4. The van der Waals surface area contributed by atoms with Crippen LogP contribution in [-0.2, 0) is 14.8 Å². The number of sulfonamides is 1. The molecule has 0 spiro atoms. The molecule has 1 aliphatic rings. The van der Waals surface area contributed by atoms with Crippen molar-refractivity contribution in [3.8, 4) is 0 Å². The van der Waals surface area contributed by atoms with Crippen LogP contribution in [0.5, 0.6) is 0 Å². The molecule has 2 amide bonds. The molecule has 148 valence electrons. The fourth-order valence-electron chi connectivity index (χ4n) is 2.92. The molecule has 0 aromatic heterocycles. The summed E-state index contributed by atoms with van der Waals surface area (Å²) < 4.78 is 25.7. The molecule has 0 bridgehead atoms. The third-order valence-electron chi connectivity index (χ3n) is 4.39. The van der Waals surface area contributed by atoms with Gasteiger partial charge in [-0.3, -0.25) is 9.59 Å². The van der Waals surface area contributed by atoms with Crippen molar-refractivity contribution in [1.82, 2.24) is 9.62 Å². The second-order valence-corrected chi connectivity index (χ2v) is 9.49. The summed E-state index contributed by atoms with van der Waals surface area (Å²) in [6.45, 7) is 2.57. The molecule has 28 heavy (non-hydrogen) atoms. The molecule has 1 heterocycles. The number of carbonyl (C=O) groups is 2. The van der Waals surface area contributed by atoms with E-state index in [9.17, 15) is 18.0 Å². The van der Waals surface area contributed by atoms with Gasteiger partial charge in [-0.2, -0.15) is 0 Å². The number of carbonyl (C=O) groups excluding carboxylic acids is 2. The number of benzene rings is 2. The number of rotatable bonds is 8. The average Bonchev–Trinajstić information content (AvgIpc) is 2.87. The number of nitrogens with one attached hydrogen (secondary N) is 1. The Morgan fingerprint density at radius 1 is 1.11 bits per heavy atom. The molecule has 0 saturated heterocycles. The van der Waals surface area contributed by atoms with Crippen LogP contribution in [-0.4, -0.2) is 43.4 Å². The quantitative estimate of drug-likeness (QED) is 0.526. The zero-order valence-corrected chi connectivity index (χ0v) is 17.2. The van der Waals surface area contributed by atoms with Crippen molar-refractivity contribution in [2.75, 3.05) is 18.8 Å². The van der Waals surface area contributed by atoms with Gasteiger partial charge in [-0.25, -0.2) is 12.7 Å². The van der Waals surface area contributed by atoms with E-state index in [2.05, 4.69) is 5.32 Å². The van der Waals surface area contributed by atoms with Gasteiger partial charge in [0.25, 0.3) is 15.9 Å². The maximum atomic E-state index is 12.4. The second-order valence-electron chi connectivity index (χ2n) is 6.49. The lowest BCUT2D eigenvalue weighted by atomic mass is 10.2. The van der Waals surface area contributed by atoms with E-state index in [0.29, 0.717) is 6.54 Å². The summed E-state index contributed by atoms with van der Waals surface area (Å²) in [5.74, 6) is 0.0832. The lowest BCUT2D eigenvalue weighted by molar-refractivity contribution is -0.121. The Hall–Kier alpha value is -2.32. The van der Waals surface area contributed by atoms with Gasteiger partial charge < -0.3 is 5.32 Å². The van der Waals surface area contributed by atoms with Gasteiger partial charge in [0, 0.05) is 30.2 Å². The number of hydrogen-bond acceptors (Lipinski definition) is 5. The molecule has 0 radical (unpaired) electrons. The molecule has 0 unspecified atom stereocenters. The van der Waals surface area contributed by atoms with Crippen LogP contribution in [0.1, 0.15) is 28.8 Å². The van der Waals surface area contributed by atoms with Crippen LogP contribution < -0.4 is 5.32 Å². The molecule has 0 atom stereocenters. The zero-order valence-electron chi connectivity index (χ0n) is 15.6. The van der Waals surface area contributed by atoms with E-state index in [4.69, 9.17) is 0 Å². The first-order chi connectivity index (χ1) is 13.4. The van der Waals surface area contributed by atoms with Gasteiger partial charge in [0.15, 0.2) is 0 Å². The Morgan fingerprint density at radius 3 is 2.54 bits per heavy atom. The number of aryl methyl sites for hydroxylation is 1. The molecule has 3 rings (SSSR count). The summed E-state index contributed by atoms with van der Waals surface area (Å²) in [6.07, 6.45) is 0.459. The van der Waals surface area contributed by atoms with E-state index in [1.807, 2.05) is 31.2 Å². The molecule has 0 saturated carbocycles. The lowest BCUT2D eigenvalue weighted by Gasteiger charge is -2.14. The second kappa shape index (κ2) is 8.79. The Labute approximate surface area is 169 Å². The number of nitrogens with zero attached hydrogens (tertiary/aromatic N) is 1. The molecule has 1 N–H and O–H groups in total. The summed E-state index contributed by atoms with van der Waals surface area (Å²) >= 11 is 1.66. The van der Waals surface area contributed by atoms with E-state index >= 15 is 0 Å². The monoisotopic (exact) mass is 418 g/mol. The fourth-order valence-corrected chi connectivity index (χ4v) is 5.29. The third kappa shape index (κ3) is 4.56. The Balaban J connectivity index is 1.40. The Bertz CT molecular complexity index is 972. The van der Waals surface area contributed by atoms with Gasteiger partial charge >= 0.3 is 0 Å². The van der Waals surface area contributed by atoms with E-state index in [1.165, 1.54) is 17.7 Å².